The van der Waals surface area contributed by atoms with E-state index in [1.165, 1.54) is 28.9 Å². The third kappa shape index (κ3) is 4.47. The van der Waals surface area contributed by atoms with E-state index in [0.29, 0.717) is 31.1 Å². The average molecular weight is 419 g/mol. The van der Waals surface area contributed by atoms with Crippen LogP contribution in [-0.2, 0) is 40.5 Å². The van der Waals surface area contributed by atoms with Crippen LogP contribution in [0.15, 0.2) is 29.2 Å². The number of aromatic nitrogens is 2. The maximum absolute atomic E-state index is 13.2. The van der Waals surface area contributed by atoms with Gasteiger partial charge in [-0.1, -0.05) is 0 Å². The number of halogens is 3. The molecule has 1 aliphatic rings. The minimum atomic E-state index is -4.59. The third-order valence-corrected chi connectivity index (χ3v) is 5.70. The molecule has 2 aromatic rings. The molecule has 1 N–H and O–H groups in total. The summed E-state index contributed by atoms with van der Waals surface area (Å²) in [6.45, 7) is 2.31. The first-order chi connectivity index (χ1) is 13.2. The predicted octanol–water partition coefficient (Wildman–Crippen LogP) is 2.35. The molecule has 0 saturated carbocycles. The maximum atomic E-state index is 13.2. The van der Waals surface area contributed by atoms with Crippen molar-refractivity contribution in [2.45, 2.75) is 37.6 Å². The van der Waals surface area contributed by atoms with Crippen LogP contribution in [0, 0.1) is 0 Å². The molecule has 2 heterocycles. The van der Waals surface area contributed by atoms with Crippen LogP contribution in [0.25, 0.3) is 0 Å². The molecule has 28 heavy (non-hydrogen) atoms. The number of hydrogen-bond donors (Lipinski definition) is 1. The molecule has 0 amide bonds. The van der Waals surface area contributed by atoms with Crippen LogP contribution >= 0.6 is 0 Å². The molecule has 7 nitrogen and oxygen atoms in total. The number of ether oxygens (including phenoxy) is 2. The minimum Gasteiger partial charge on any atom is -0.494 e. The monoisotopic (exact) mass is 419 g/mol. The van der Waals surface area contributed by atoms with Gasteiger partial charge in [0.15, 0.2) is 5.69 Å². The molecular weight excluding hydrogens is 399 g/mol. The van der Waals surface area contributed by atoms with Crippen LogP contribution in [0.2, 0.25) is 0 Å². The second kappa shape index (κ2) is 8.10. The second-order valence-electron chi connectivity index (χ2n) is 6.10. The molecule has 1 aromatic heterocycles. The Morgan fingerprint density at radius 2 is 2.00 bits per heavy atom. The van der Waals surface area contributed by atoms with E-state index in [9.17, 15) is 21.6 Å². The summed E-state index contributed by atoms with van der Waals surface area (Å²) in [6, 6.07) is 5.89. The molecule has 11 heteroatoms. The predicted molar refractivity (Wildman–Crippen MR) is 93.4 cm³/mol. The molecule has 154 valence electrons. The van der Waals surface area contributed by atoms with Crippen LogP contribution in [-0.4, -0.2) is 38.0 Å². The zero-order valence-electron chi connectivity index (χ0n) is 15.1. The molecule has 0 atom stereocenters. The van der Waals surface area contributed by atoms with Crippen molar-refractivity contribution in [1.82, 2.24) is 14.5 Å². The normalized spacial score (nSPS) is 14.7. The van der Waals surface area contributed by atoms with Crippen LogP contribution < -0.4 is 9.46 Å². The summed E-state index contributed by atoms with van der Waals surface area (Å²) >= 11 is 0. The Hall–Kier alpha value is -2.11. The lowest BCUT2D eigenvalue weighted by molar-refractivity contribution is -0.142. The van der Waals surface area contributed by atoms with Crippen LogP contribution in [0.3, 0.4) is 0 Å². The van der Waals surface area contributed by atoms with E-state index in [4.69, 9.17) is 9.47 Å². The van der Waals surface area contributed by atoms with Crippen molar-refractivity contribution >= 4 is 10.0 Å². The highest BCUT2D eigenvalue weighted by Crippen LogP contribution is 2.34. The molecule has 0 aliphatic carbocycles. The SMILES string of the molecule is CCOc1ccc(S(=O)(=O)NCCn2nc(C(F)(F)F)c3c2CCOC3)cc1. The van der Waals surface area contributed by atoms with Gasteiger partial charge in [0, 0.05) is 24.2 Å². The first-order valence-corrected chi connectivity index (χ1v) is 10.2. The van der Waals surface area contributed by atoms with Gasteiger partial charge in [-0.25, -0.2) is 13.1 Å². The molecule has 0 spiro atoms. The number of nitrogens with one attached hydrogen (secondary N) is 1. The van der Waals surface area contributed by atoms with Gasteiger partial charge in [-0.3, -0.25) is 4.68 Å². The summed E-state index contributed by atoms with van der Waals surface area (Å²) in [5.74, 6) is 0.548. The quantitative estimate of drug-likeness (QED) is 0.745. The van der Waals surface area contributed by atoms with E-state index in [0.717, 1.165) is 0 Å². The zero-order chi connectivity index (χ0) is 20.4. The fourth-order valence-corrected chi connectivity index (χ4v) is 3.99. The minimum absolute atomic E-state index is 0.0192. The lowest BCUT2D eigenvalue weighted by Crippen LogP contribution is -2.28. The Labute approximate surface area is 160 Å². The van der Waals surface area contributed by atoms with Gasteiger partial charge in [0.25, 0.3) is 0 Å². The Morgan fingerprint density at radius 3 is 2.64 bits per heavy atom. The summed E-state index contributed by atoms with van der Waals surface area (Å²) in [7, 11) is -3.80. The highest BCUT2D eigenvalue weighted by atomic mass is 32.2. The molecule has 0 fully saturated rings. The van der Waals surface area contributed by atoms with Gasteiger partial charge in [0.2, 0.25) is 10.0 Å². The zero-order valence-corrected chi connectivity index (χ0v) is 15.9. The van der Waals surface area contributed by atoms with Crippen molar-refractivity contribution in [2.24, 2.45) is 0 Å². The van der Waals surface area contributed by atoms with Crippen molar-refractivity contribution in [2.75, 3.05) is 19.8 Å². The molecule has 0 unspecified atom stereocenters. The highest BCUT2D eigenvalue weighted by Gasteiger charge is 2.39. The topological polar surface area (TPSA) is 82.5 Å². The number of benzene rings is 1. The first-order valence-electron chi connectivity index (χ1n) is 8.68. The largest absolute Gasteiger partial charge is 0.494 e. The number of sulfonamides is 1. The molecular formula is C17H20F3N3O4S. The van der Waals surface area contributed by atoms with Crippen molar-refractivity contribution < 1.29 is 31.1 Å². The number of nitrogens with zero attached hydrogens (tertiary/aromatic N) is 2. The fraction of sp³-hybridized carbons (Fsp3) is 0.471. The Bertz CT molecular complexity index is 924. The molecule has 3 rings (SSSR count). The van der Waals surface area contributed by atoms with Crippen LogP contribution in [0.5, 0.6) is 5.75 Å². The van der Waals surface area contributed by atoms with Gasteiger partial charge in [-0.05, 0) is 31.2 Å². The van der Waals surface area contributed by atoms with E-state index in [-0.39, 0.29) is 30.2 Å². The van der Waals surface area contributed by atoms with Gasteiger partial charge >= 0.3 is 6.18 Å². The summed E-state index contributed by atoms with van der Waals surface area (Å²) in [5.41, 5.74) is -0.525. The Kier molecular flexibility index (Phi) is 5.96. The number of rotatable bonds is 7. The van der Waals surface area contributed by atoms with Crippen molar-refractivity contribution in [3.8, 4) is 5.75 Å². The summed E-state index contributed by atoms with van der Waals surface area (Å²) in [4.78, 5) is 0.0443. The standard InChI is InChI=1S/C17H20F3N3O4S/c1-2-27-12-3-5-13(6-4-12)28(24,25)21-8-9-23-15-7-10-26-11-14(15)16(22-23)17(18,19)20/h3-6,21H,2,7-11H2,1H3. The van der Waals surface area contributed by atoms with Crippen LogP contribution in [0.1, 0.15) is 23.9 Å². The number of alkyl halides is 3. The van der Waals surface area contributed by atoms with E-state index in [1.54, 1.807) is 0 Å². The summed E-state index contributed by atoms with van der Waals surface area (Å²) in [6.07, 6.45) is -4.29. The third-order valence-electron chi connectivity index (χ3n) is 4.23. The Balaban J connectivity index is 1.70. The van der Waals surface area contributed by atoms with Gasteiger partial charge < -0.3 is 9.47 Å². The fourth-order valence-electron chi connectivity index (χ4n) is 2.97. The molecule has 0 radical (unpaired) electrons. The van der Waals surface area contributed by atoms with Crippen molar-refractivity contribution in [3.05, 3.63) is 41.2 Å². The number of hydrogen-bond acceptors (Lipinski definition) is 5. The summed E-state index contributed by atoms with van der Waals surface area (Å²) < 4.78 is 78.2. The molecule has 0 bridgehead atoms. The lowest BCUT2D eigenvalue weighted by Gasteiger charge is -2.15. The average Bonchev–Trinajstić information content (AvgIpc) is 3.02. The van der Waals surface area contributed by atoms with E-state index >= 15 is 0 Å². The van der Waals surface area contributed by atoms with Crippen molar-refractivity contribution in [1.29, 1.82) is 0 Å². The molecule has 1 aromatic carbocycles. The van der Waals surface area contributed by atoms with E-state index < -0.39 is 21.9 Å². The molecule has 0 saturated heterocycles. The molecule has 1 aliphatic heterocycles. The van der Waals surface area contributed by atoms with Gasteiger partial charge in [-0.15, -0.1) is 0 Å². The van der Waals surface area contributed by atoms with Gasteiger partial charge in [-0.2, -0.15) is 18.3 Å². The second-order valence-corrected chi connectivity index (χ2v) is 7.87. The van der Waals surface area contributed by atoms with Crippen LogP contribution in [0.4, 0.5) is 13.2 Å². The van der Waals surface area contributed by atoms with Gasteiger partial charge in [0.1, 0.15) is 5.75 Å². The first kappa shape index (κ1) is 20.6. The smallest absolute Gasteiger partial charge is 0.435 e. The van der Waals surface area contributed by atoms with E-state index in [1.807, 2.05) is 6.92 Å². The maximum Gasteiger partial charge on any atom is 0.435 e. The summed E-state index contributed by atoms with van der Waals surface area (Å²) in [5, 5.41) is 3.65. The van der Waals surface area contributed by atoms with Crippen molar-refractivity contribution in [3.63, 3.8) is 0 Å². The highest BCUT2D eigenvalue weighted by molar-refractivity contribution is 7.89. The van der Waals surface area contributed by atoms with E-state index in [2.05, 4.69) is 9.82 Å². The number of fused-ring (bicyclic) bond motifs is 1. The van der Waals surface area contributed by atoms with Gasteiger partial charge in [0.05, 0.1) is 31.3 Å². The Morgan fingerprint density at radius 1 is 1.29 bits per heavy atom. The lowest BCUT2D eigenvalue weighted by atomic mass is 10.1.